The van der Waals surface area contributed by atoms with Crippen LogP contribution in [0.15, 0.2) is 18.2 Å². The summed E-state index contributed by atoms with van der Waals surface area (Å²) in [6, 6.07) is 5.63. The second kappa shape index (κ2) is 4.21. The van der Waals surface area contributed by atoms with Crippen LogP contribution in [0.5, 0.6) is 5.75 Å². The normalized spacial score (nSPS) is 22.1. The van der Waals surface area contributed by atoms with Crippen LogP contribution in [0.3, 0.4) is 0 Å². The number of nitrogens with zero attached hydrogens (tertiary/aromatic N) is 1. The number of phenols is 1. The predicted molar refractivity (Wildman–Crippen MR) is 58.7 cm³/mol. The first-order valence-corrected chi connectivity index (χ1v) is 5.34. The van der Waals surface area contributed by atoms with E-state index >= 15 is 0 Å². The van der Waals surface area contributed by atoms with E-state index in [2.05, 4.69) is 4.90 Å². The fourth-order valence-electron chi connectivity index (χ4n) is 2.04. The van der Waals surface area contributed by atoms with Crippen LogP contribution in [0, 0.1) is 6.92 Å². The maximum Gasteiger partial charge on any atom is 0.120 e. The number of β-amino-alcohol motifs (C(OH)–C–C–N with tert-alkyl or cyclic N) is 1. The number of benzene rings is 1. The van der Waals surface area contributed by atoms with Crippen molar-refractivity contribution in [1.29, 1.82) is 0 Å². The Labute approximate surface area is 90.0 Å². The van der Waals surface area contributed by atoms with Crippen LogP contribution in [0.1, 0.15) is 17.5 Å². The molecular weight excluding hydrogens is 190 g/mol. The van der Waals surface area contributed by atoms with Gasteiger partial charge in [0.15, 0.2) is 0 Å². The first-order chi connectivity index (χ1) is 7.15. The molecule has 0 aromatic heterocycles. The molecule has 15 heavy (non-hydrogen) atoms. The van der Waals surface area contributed by atoms with Gasteiger partial charge in [-0.05, 0) is 19.4 Å². The molecule has 0 radical (unpaired) electrons. The Balaban J connectivity index is 2.07. The van der Waals surface area contributed by atoms with Crippen molar-refractivity contribution in [2.75, 3.05) is 13.1 Å². The lowest BCUT2D eigenvalue weighted by Gasteiger charge is -2.16. The van der Waals surface area contributed by atoms with Gasteiger partial charge in [-0.2, -0.15) is 0 Å². The molecule has 1 fully saturated rings. The summed E-state index contributed by atoms with van der Waals surface area (Å²) in [7, 11) is 0. The fraction of sp³-hybridized carbons (Fsp3) is 0.500. The number of aliphatic hydroxyl groups is 1. The highest BCUT2D eigenvalue weighted by atomic mass is 16.3. The van der Waals surface area contributed by atoms with Gasteiger partial charge in [-0.1, -0.05) is 17.7 Å². The van der Waals surface area contributed by atoms with E-state index in [1.165, 1.54) is 0 Å². The average Bonchev–Trinajstić information content (AvgIpc) is 2.58. The van der Waals surface area contributed by atoms with Crippen LogP contribution in [0.2, 0.25) is 0 Å². The van der Waals surface area contributed by atoms with Gasteiger partial charge in [0.25, 0.3) is 0 Å². The molecule has 1 aromatic rings. The molecule has 1 aliphatic heterocycles. The van der Waals surface area contributed by atoms with Gasteiger partial charge in [-0.15, -0.1) is 0 Å². The topological polar surface area (TPSA) is 43.7 Å². The lowest BCUT2D eigenvalue weighted by molar-refractivity contribution is 0.174. The lowest BCUT2D eigenvalue weighted by atomic mass is 10.1. The second-order valence-electron chi connectivity index (χ2n) is 4.31. The van der Waals surface area contributed by atoms with Crippen molar-refractivity contribution in [1.82, 2.24) is 4.90 Å². The van der Waals surface area contributed by atoms with E-state index in [0.717, 1.165) is 30.6 Å². The molecular formula is C12H17NO2. The number of aromatic hydroxyl groups is 1. The van der Waals surface area contributed by atoms with E-state index in [0.29, 0.717) is 12.3 Å². The molecule has 0 saturated carbocycles. The van der Waals surface area contributed by atoms with E-state index in [1.54, 1.807) is 6.07 Å². The summed E-state index contributed by atoms with van der Waals surface area (Å²) in [5.74, 6) is 0.349. The molecule has 0 aliphatic carbocycles. The number of hydrogen-bond donors (Lipinski definition) is 2. The molecule has 0 amide bonds. The first-order valence-electron chi connectivity index (χ1n) is 5.34. The zero-order chi connectivity index (χ0) is 10.8. The number of aryl methyl sites for hydroxylation is 1. The van der Waals surface area contributed by atoms with E-state index in [-0.39, 0.29) is 6.10 Å². The lowest BCUT2D eigenvalue weighted by Crippen LogP contribution is -2.21. The van der Waals surface area contributed by atoms with Crippen LogP contribution < -0.4 is 0 Å². The van der Waals surface area contributed by atoms with E-state index in [4.69, 9.17) is 0 Å². The fourth-order valence-corrected chi connectivity index (χ4v) is 2.04. The molecule has 3 heteroatoms. The summed E-state index contributed by atoms with van der Waals surface area (Å²) in [4.78, 5) is 2.17. The van der Waals surface area contributed by atoms with Crippen molar-refractivity contribution in [3.63, 3.8) is 0 Å². The molecule has 1 atom stereocenters. The largest absolute Gasteiger partial charge is 0.508 e. The molecule has 82 valence electrons. The summed E-state index contributed by atoms with van der Waals surface area (Å²) in [6.45, 7) is 4.37. The number of rotatable bonds is 2. The Hall–Kier alpha value is -1.06. The van der Waals surface area contributed by atoms with Gasteiger partial charge < -0.3 is 10.2 Å². The minimum absolute atomic E-state index is 0.197. The number of likely N-dealkylation sites (tertiary alicyclic amines) is 1. The molecule has 3 nitrogen and oxygen atoms in total. The van der Waals surface area contributed by atoms with Gasteiger partial charge in [-0.3, -0.25) is 4.90 Å². The Morgan fingerprint density at radius 2 is 2.27 bits per heavy atom. The third kappa shape index (κ3) is 2.49. The van der Waals surface area contributed by atoms with Gasteiger partial charge in [0, 0.05) is 25.2 Å². The summed E-state index contributed by atoms with van der Waals surface area (Å²) < 4.78 is 0. The third-order valence-corrected chi connectivity index (χ3v) is 2.88. The first kappa shape index (κ1) is 10.5. The average molecular weight is 207 g/mol. The van der Waals surface area contributed by atoms with Crippen molar-refractivity contribution in [3.05, 3.63) is 29.3 Å². The van der Waals surface area contributed by atoms with Crippen molar-refractivity contribution in [3.8, 4) is 5.75 Å². The van der Waals surface area contributed by atoms with E-state index in [1.807, 2.05) is 19.1 Å². The van der Waals surface area contributed by atoms with Gasteiger partial charge >= 0.3 is 0 Å². The highest BCUT2D eigenvalue weighted by Crippen LogP contribution is 2.22. The molecule has 1 heterocycles. The molecule has 1 saturated heterocycles. The van der Waals surface area contributed by atoms with E-state index < -0.39 is 0 Å². The molecule has 1 aromatic carbocycles. The predicted octanol–water partition coefficient (Wildman–Crippen LogP) is 1.27. The molecule has 0 unspecified atom stereocenters. The summed E-state index contributed by atoms with van der Waals surface area (Å²) in [5, 5.41) is 19.1. The number of phenolic OH excluding ortho intramolecular Hbond substituents is 1. The van der Waals surface area contributed by atoms with E-state index in [9.17, 15) is 10.2 Å². The standard InChI is InChI=1S/C12H17NO2/c1-9-2-3-12(15)10(6-9)7-13-5-4-11(14)8-13/h2-3,6,11,14-15H,4-5,7-8H2,1H3/t11-/m1/s1. The molecule has 1 aliphatic rings. The molecule has 2 N–H and O–H groups in total. The Kier molecular flexibility index (Phi) is 2.93. The van der Waals surface area contributed by atoms with Crippen molar-refractivity contribution < 1.29 is 10.2 Å². The Morgan fingerprint density at radius 3 is 2.93 bits per heavy atom. The summed E-state index contributed by atoms with van der Waals surface area (Å²) in [5.41, 5.74) is 2.10. The van der Waals surface area contributed by atoms with Gasteiger partial charge in [0.2, 0.25) is 0 Å². The summed E-state index contributed by atoms with van der Waals surface area (Å²) >= 11 is 0. The number of hydrogen-bond acceptors (Lipinski definition) is 3. The Morgan fingerprint density at radius 1 is 1.47 bits per heavy atom. The quantitative estimate of drug-likeness (QED) is 0.767. The highest BCUT2D eigenvalue weighted by molar-refractivity contribution is 5.35. The minimum Gasteiger partial charge on any atom is -0.508 e. The van der Waals surface area contributed by atoms with Crippen LogP contribution >= 0.6 is 0 Å². The van der Waals surface area contributed by atoms with Crippen LogP contribution in [0.25, 0.3) is 0 Å². The molecule has 2 rings (SSSR count). The second-order valence-corrected chi connectivity index (χ2v) is 4.31. The van der Waals surface area contributed by atoms with Crippen LogP contribution in [-0.4, -0.2) is 34.3 Å². The maximum atomic E-state index is 9.67. The van der Waals surface area contributed by atoms with Crippen LogP contribution in [0.4, 0.5) is 0 Å². The molecule has 0 spiro atoms. The SMILES string of the molecule is Cc1ccc(O)c(CN2CC[C@@H](O)C2)c1. The summed E-state index contributed by atoms with van der Waals surface area (Å²) in [6.07, 6.45) is 0.643. The number of aliphatic hydroxyl groups excluding tert-OH is 1. The third-order valence-electron chi connectivity index (χ3n) is 2.88. The highest BCUT2D eigenvalue weighted by Gasteiger charge is 2.20. The monoisotopic (exact) mass is 207 g/mol. The van der Waals surface area contributed by atoms with Crippen molar-refractivity contribution in [2.24, 2.45) is 0 Å². The smallest absolute Gasteiger partial charge is 0.120 e. The van der Waals surface area contributed by atoms with Gasteiger partial charge in [0.1, 0.15) is 5.75 Å². The van der Waals surface area contributed by atoms with Gasteiger partial charge in [0.05, 0.1) is 6.10 Å². The van der Waals surface area contributed by atoms with Gasteiger partial charge in [-0.25, -0.2) is 0 Å². The maximum absolute atomic E-state index is 9.67. The van der Waals surface area contributed by atoms with Crippen molar-refractivity contribution >= 4 is 0 Å². The zero-order valence-electron chi connectivity index (χ0n) is 8.98. The molecule has 0 bridgehead atoms. The minimum atomic E-state index is -0.197. The zero-order valence-corrected chi connectivity index (χ0v) is 8.98. The van der Waals surface area contributed by atoms with Crippen molar-refractivity contribution in [2.45, 2.75) is 26.0 Å². The van der Waals surface area contributed by atoms with Crippen LogP contribution in [-0.2, 0) is 6.54 Å². The Bertz CT molecular complexity index is 351.